The topological polar surface area (TPSA) is 66.4 Å². The quantitative estimate of drug-likeness (QED) is 0.639. The van der Waals surface area contributed by atoms with Gasteiger partial charge in [-0.2, -0.15) is 0 Å². The fourth-order valence-electron chi connectivity index (χ4n) is 2.59. The van der Waals surface area contributed by atoms with Gasteiger partial charge in [0, 0.05) is 0 Å². The lowest BCUT2D eigenvalue weighted by atomic mass is 9.97. The van der Waals surface area contributed by atoms with Crippen molar-refractivity contribution in [2.24, 2.45) is 0 Å². The van der Waals surface area contributed by atoms with E-state index in [4.69, 9.17) is 0 Å². The maximum absolute atomic E-state index is 11.5. The zero-order valence-electron chi connectivity index (χ0n) is 11.6. The van der Waals surface area contributed by atoms with Gasteiger partial charge in [0.15, 0.2) is 6.29 Å². The zero-order valence-corrected chi connectivity index (χ0v) is 11.6. The van der Waals surface area contributed by atoms with Crippen molar-refractivity contribution in [3.8, 4) is 0 Å². The van der Waals surface area contributed by atoms with Crippen molar-refractivity contribution in [1.82, 2.24) is 5.32 Å². The molecule has 0 amide bonds. The molecule has 0 atom stereocenters. The maximum atomic E-state index is 11.5. The summed E-state index contributed by atoms with van der Waals surface area (Å²) in [6.07, 6.45) is 5.23. The van der Waals surface area contributed by atoms with Crippen LogP contribution in [0, 0.1) is 6.92 Å². The zero-order chi connectivity index (χ0) is 14.6. The number of aryl methyl sites for hydroxylation is 1. The van der Waals surface area contributed by atoms with E-state index >= 15 is 0 Å². The molecule has 0 spiro atoms. The molecule has 4 nitrogen and oxygen atoms in total. The lowest BCUT2D eigenvalue weighted by molar-refractivity contribution is -0.144. The predicted molar refractivity (Wildman–Crippen MR) is 77.2 cm³/mol. The number of hydrogen-bond acceptors (Lipinski definition) is 3. The number of aliphatic carboxylic acids is 1. The molecule has 0 heterocycles. The molecule has 1 aliphatic rings. The van der Waals surface area contributed by atoms with Gasteiger partial charge >= 0.3 is 5.97 Å². The molecule has 2 rings (SSSR count). The second-order valence-electron chi connectivity index (χ2n) is 5.35. The molecule has 20 heavy (non-hydrogen) atoms. The van der Waals surface area contributed by atoms with E-state index in [1.54, 1.807) is 6.08 Å². The highest BCUT2D eigenvalue weighted by Gasteiger charge is 2.41. The fourth-order valence-corrected chi connectivity index (χ4v) is 2.59. The Balaban J connectivity index is 2.21. The third-order valence-electron chi connectivity index (χ3n) is 3.78. The summed E-state index contributed by atoms with van der Waals surface area (Å²) in [6, 6.07) is 7.72. The van der Waals surface area contributed by atoms with Gasteiger partial charge in [-0.3, -0.25) is 4.79 Å². The Morgan fingerprint density at radius 3 is 2.35 bits per heavy atom. The summed E-state index contributed by atoms with van der Waals surface area (Å²) in [5.41, 5.74) is 1.35. The van der Waals surface area contributed by atoms with Crippen molar-refractivity contribution in [1.29, 1.82) is 0 Å². The van der Waals surface area contributed by atoms with Crippen molar-refractivity contribution in [2.75, 3.05) is 0 Å². The molecule has 1 saturated carbocycles. The number of carbonyl (C=O) groups is 2. The van der Waals surface area contributed by atoms with Crippen LogP contribution in [0.5, 0.6) is 0 Å². The van der Waals surface area contributed by atoms with E-state index in [0.717, 1.165) is 24.0 Å². The molecule has 2 N–H and O–H groups in total. The van der Waals surface area contributed by atoms with Crippen LogP contribution in [-0.4, -0.2) is 22.9 Å². The van der Waals surface area contributed by atoms with E-state index in [9.17, 15) is 14.7 Å². The molecule has 0 bridgehead atoms. The molecule has 0 radical (unpaired) electrons. The number of carboxylic acid groups (broad SMARTS) is 1. The first-order valence-corrected chi connectivity index (χ1v) is 6.81. The summed E-state index contributed by atoms with van der Waals surface area (Å²) < 4.78 is 0. The highest BCUT2D eigenvalue weighted by Crippen LogP contribution is 2.30. The van der Waals surface area contributed by atoms with E-state index in [0.29, 0.717) is 24.8 Å². The van der Waals surface area contributed by atoms with Gasteiger partial charge < -0.3 is 10.4 Å². The highest BCUT2D eigenvalue weighted by molar-refractivity contribution is 5.85. The van der Waals surface area contributed by atoms with Crippen LogP contribution in [0.3, 0.4) is 0 Å². The average molecular weight is 273 g/mol. The van der Waals surface area contributed by atoms with Crippen LogP contribution in [0.15, 0.2) is 30.0 Å². The van der Waals surface area contributed by atoms with Crippen molar-refractivity contribution in [3.05, 3.63) is 41.1 Å². The molecular weight excluding hydrogens is 254 g/mol. The second kappa shape index (κ2) is 5.90. The smallest absolute Gasteiger partial charge is 0.329 e. The van der Waals surface area contributed by atoms with E-state index in [-0.39, 0.29) is 0 Å². The van der Waals surface area contributed by atoms with Gasteiger partial charge in [0.2, 0.25) is 0 Å². The average Bonchev–Trinajstić information content (AvgIpc) is 2.90. The number of carbonyl (C=O) groups excluding carboxylic acids is 1. The number of benzene rings is 1. The van der Waals surface area contributed by atoms with E-state index in [2.05, 4.69) is 5.32 Å². The number of carboxylic acids is 1. The number of rotatable bonds is 5. The van der Waals surface area contributed by atoms with Crippen LogP contribution in [0.2, 0.25) is 0 Å². The number of allylic oxidation sites excluding steroid dienone is 1. The Bertz CT molecular complexity index is 525. The summed E-state index contributed by atoms with van der Waals surface area (Å²) >= 11 is 0. The van der Waals surface area contributed by atoms with Crippen LogP contribution in [0.25, 0.3) is 6.08 Å². The van der Waals surface area contributed by atoms with Crippen LogP contribution < -0.4 is 5.32 Å². The Kier molecular flexibility index (Phi) is 4.23. The van der Waals surface area contributed by atoms with Crippen LogP contribution in [-0.2, 0) is 9.59 Å². The molecule has 0 saturated heterocycles. The summed E-state index contributed by atoms with van der Waals surface area (Å²) in [7, 11) is 0. The van der Waals surface area contributed by atoms with Crippen LogP contribution >= 0.6 is 0 Å². The van der Waals surface area contributed by atoms with E-state index in [1.165, 1.54) is 0 Å². The minimum absolute atomic E-state index is 0.318. The van der Waals surface area contributed by atoms with Crippen molar-refractivity contribution in [2.45, 2.75) is 38.1 Å². The summed E-state index contributed by atoms with van der Waals surface area (Å²) in [5.74, 6) is -0.883. The molecule has 1 aromatic carbocycles. The van der Waals surface area contributed by atoms with Gasteiger partial charge in [0.25, 0.3) is 0 Å². The first kappa shape index (κ1) is 14.3. The second-order valence-corrected chi connectivity index (χ2v) is 5.35. The van der Waals surface area contributed by atoms with E-state index in [1.807, 2.05) is 31.2 Å². The lowest BCUT2D eigenvalue weighted by Gasteiger charge is -2.26. The molecule has 1 fully saturated rings. The molecule has 0 aromatic heterocycles. The summed E-state index contributed by atoms with van der Waals surface area (Å²) in [5, 5.41) is 12.3. The fraction of sp³-hybridized carbons (Fsp3) is 0.375. The van der Waals surface area contributed by atoms with E-state index < -0.39 is 11.5 Å². The third-order valence-corrected chi connectivity index (χ3v) is 3.78. The van der Waals surface area contributed by atoms with Gasteiger partial charge in [-0.05, 0) is 31.4 Å². The molecule has 1 aliphatic carbocycles. The van der Waals surface area contributed by atoms with Crippen molar-refractivity contribution < 1.29 is 14.7 Å². The molecule has 0 aliphatic heterocycles. The largest absolute Gasteiger partial charge is 0.480 e. The van der Waals surface area contributed by atoms with Gasteiger partial charge in [-0.25, -0.2) is 4.79 Å². The van der Waals surface area contributed by atoms with Crippen molar-refractivity contribution >= 4 is 18.3 Å². The molecule has 0 unspecified atom stereocenters. The minimum atomic E-state index is -0.989. The molecule has 106 valence electrons. The first-order chi connectivity index (χ1) is 9.55. The number of nitrogens with one attached hydrogen (secondary N) is 1. The standard InChI is InChI=1S/C16H19NO3/c1-12-4-6-13(7-5-12)10-14(11-18)17-16(15(19)20)8-2-3-9-16/h4-7,10-11,17H,2-3,8-9H2,1H3,(H,19,20)/b14-10-. The van der Waals surface area contributed by atoms with Gasteiger partial charge in [-0.15, -0.1) is 0 Å². The Hall–Kier alpha value is -2.10. The summed E-state index contributed by atoms with van der Waals surface area (Å²) in [6.45, 7) is 1.99. The predicted octanol–water partition coefficient (Wildman–Crippen LogP) is 2.52. The maximum Gasteiger partial charge on any atom is 0.329 e. The third kappa shape index (κ3) is 3.07. The normalized spacial score (nSPS) is 17.8. The van der Waals surface area contributed by atoms with Gasteiger partial charge in [0.1, 0.15) is 5.54 Å². The monoisotopic (exact) mass is 273 g/mol. The SMILES string of the molecule is Cc1ccc(/C=C(/C=O)NC2(C(=O)O)CCCC2)cc1. The first-order valence-electron chi connectivity index (χ1n) is 6.81. The Labute approximate surface area is 118 Å². The lowest BCUT2D eigenvalue weighted by Crippen LogP contribution is -2.49. The Morgan fingerprint density at radius 1 is 1.25 bits per heavy atom. The minimum Gasteiger partial charge on any atom is -0.480 e. The van der Waals surface area contributed by atoms with Gasteiger partial charge in [0.05, 0.1) is 5.70 Å². The molecular formula is C16H19NO3. The molecule has 4 heteroatoms. The highest BCUT2D eigenvalue weighted by atomic mass is 16.4. The molecule has 1 aromatic rings. The number of hydrogen-bond donors (Lipinski definition) is 2. The van der Waals surface area contributed by atoms with Crippen LogP contribution in [0.1, 0.15) is 36.8 Å². The van der Waals surface area contributed by atoms with Crippen LogP contribution in [0.4, 0.5) is 0 Å². The summed E-state index contributed by atoms with van der Waals surface area (Å²) in [4.78, 5) is 22.7. The van der Waals surface area contributed by atoms with Crippen molar-refractivity contribution in [3.63, 3.8) is 0 Å². The number of aldehydes is 1. The van der Waals surface area contributed by atoms with Gasteiger partial charge in [-0.1, -0.05) is 42.7 Å². The Morgan fingerprint density at radius 2 is 1.85 bits per heavy atom.